The monoisotopic (exact) mass is 270 g/mol. The third-order valence-corrected chi connectivity index (χ3v) is 3.39. The maximum Gasteiger partial charge on any atom is 0.321 e. The number of hydrogen-bond donors (Lipinski definition) is 3. The number of rotatable bonds is 5. The summed E-state index contributed by atoms with van der Waals surface area (Å²) in [5.41, 5.74) is -0.877. The molecule has 0 heterocycles. The Labute approximate surface area is 112 Å². The largest absolute Gasteiger partial charge is 0.481 e. The lowest BCUT2D eigenvalue weighted by Gasteiger charge is -2.38. The van der Waals surface area contributed by atoms with E-state index >= 15 is 0 Å². The Hall–Kier alpha value is -1.59. The summed E-state index contributed by atoms with van der Waals surface area (Å²) >= 11 is 0. The van der Waals surface area contributed by atoms with Crippen molar-refractivity contribution in [2.75, 3.05) is 0 Å². The Balaban J connectivity index is 2.38. The average Bonchev–Trinajstić information content (AvgIpc) is 2.10. The number of carboxylic acid groups (broad SMARTS) is 1. The predicted octanol–water partition coefficient (Wildman–Crippen LogP) is 1.65. The smallest absolute Gasteiger partial charge is 0.321 e. The molecule has 3 amide bonds. The molecule has 6 nitrogen and oxygen atoms in total. The second-order valence-corrected chi connectivity index (χ2v) is 6.33. The Kier molecular flexibility index (Phi) is 4.55. The fourth-order valence-corrected chi connectivity index (χ4v) is 2.21. The first kappa shape index (κ1) is 15.5. The number of carbonyl (C=O) groups excluding carboxylic acids is 2. The van der Waals surface area contributed by atoms with E-state index < -0.39 is 23.3 Å². The lowest BCUT2D eigenvalue weighted by Crippen LogP contribution is -2.55. The van der Waals surface area contributed by atoms with Crippen LogP contribution in [0.2, 0.25) is 0 Å². The van der Waals surface area contributed by atoms with Crippen LogP contribution in [0.3, 0.4) is 0 Å². The molecule has 0 spiro atoms. The molecule has 0 atom stereocenters. The minimum absolute atomic E-state index is 0.00341. The zero-order valence-corrected chi connectivity index (χ0v) is 11.7. The molecular weight excluding hydrogens is 248 g/mol. The highest BCUT2D eigenvalue weighted by molar-refractivity contribution is 5.95. The number of carboxylic acids is 1. The Bertz CT molecular complexity index is 386. The third-order valence-electron chi connectivity index (χ3n) is 3.39. The molecule has 19 heavy (non-hydrogen) atoms. The van der Waals surface area contributed by atoms with Gasteiger partial charge in [-0.3, -0.25) is 14.9 Å². The molecule has 1 aliphatic rings. The highest BCUT2D eigenvalue weighted by Gasteiger charge is 2.34. The molecule has 0 bridgehead atoms. The number of imide groups is 1. The van der Waals surface area contributed by atoms with Gasteiger partial charge in [0.2, 0.25) is 5.91 Å². The highest BCUT2D eigenvalue weighted by atomic mass is 16.4. The first-order valence-electron chi connectivity index (χ1n) is 6.46. The van der Waals surface area contributed by atoms with Crippen LogP contribution in [0.15, 0.2) is 0 Å². The molecule has 108 valence electrons. The first-order chi connectivity index (χ1) is 8.62. The van der Waals surface area contributed by atoms with E-state index in [-0.39, 0.29) is 18.4 Å². The molecule has 3 N–H and O–H groups in total. The molecule has 0 aromatic rings. The van der Waals surface area contributed by atoms with Crippen LogP contribution < -0.4 is 10.6 Å². The minimum atomic E-state index is -0.954. The summed E-state index contributed by atoms with van der Waals surface area (Å²) in [6.07, 6.45) is 2.80. The summed E-state index contributed by atoms with van der Waals surface area (Å²) < 4.78 is 0. The van der Waals surface area contributed by atoms with Gasteiger partial charge in [0, 0.05) is 12.0 Å². The van der Waals surface area contributed by atoms with Gasteiger partial charge in [-0.25, -0.2) is 4.79 Å². The molecule has 1 aliphatic carbocycles. The van der Waals surface area contributed by atoms with Crippen LogP contribution in [0.1, 0.15) is 52.9 Å². The van der Waals surface area contributed by atoms with Crippen molar-refractivity contribution in [3.05, 3.63) is 0 Å². The zero-order valence-electron chi connectivity index (χ0n) is 11.7. The SMILES string of the molecule is CC(C)(CC(=O)O)CC(=O)NC(=O)NC1(C)CCC1. The maximum absolute atomic E-state index is 11.7. The molecule has 1 rings (SSSR count). The Morgan fingerprint density at radius 1 is 1.21 bits per heavy atom. The van der Waals surface area contributed by atoms with Crippen LogP contribution in [0, 0.1) is 5.41 Å². The van der Waals surface area contributed by atoms with Gasteiger partial charge in [-0.05, 0) is 31.6 Å². The van der Waals surface area contributed by atoms with E-state index in [0.29, 0.717) is 0 Å². The summed E-state index contributed by atoms with van der Waals surface area (Å²) in [6, 6.07) is -0.502. The molecule has 0 radical (unpaired) electrons. The van der Waals surface area contributed by atoms with Crippen molar-refractivity contribution in [2.24, 2.45) is 5.41 Å². The van der Waals surface area contributed by atoms with Crippen molar-refractivity contribution in [3.63, 3.8) is 0 Å². The molecule has 0 saturated heterocycles. The lowest BCUT2D eigenvalue weighted by atomic mass is 9.79. The van der Waals surface area contributed by atoms with Crippen LogP contribution in [0.5, 0.6) is 0 Å². The first-order valence-corrected chi connectivity index (χ1v) is 6.46. The molecule has 6 heteroatoms. The van der Waals surface area contributed by atoms with Crippen molar-refractivity contribution in [3.8, 4) is 0 Å². The number of amides is 3. The van der Waals surface area contributed by atoms with E-state index in [9.17, 15) is 14.4 Å². The van der Waals surface area contributed by atoms with Gasteiger partial charge < -0.3 is 10.4 Å². The van der Waals surface area contributed by atoms with Gasteiger partial charge in [-0.2, -0.15) is 0 Å². The van der Waals surface area contributed by atoms with E-state index in [0.717, 1.165) is 19.3 Å². The van der Waals surface area contributed by atoms with Crippen LogP contribution >= 0.6 is 0 Å². The molecule has 1 fully saturated rings. The summed E-state index contributed by atoms with van der Waals surface area (Å²) in [7, 11) is 0. The molecule has 0 aromatic carbocycles. The summed E-state index contributed by atoms with van der Waals surface area (Å²) in [6.45, 7) is 5.31. The molecule has 0 aromatic heterocycles. The molecular formula is C13H22N2O4. The summed E-state index contributed by atoms with van der Waals surface area (Å²) in [4.78, 5) is 33.9. The number of urea groups is 1. The van der Waals surface area contributed by atoms with E-state index in [1.54, 1.807) is 13.8 Å². The number of nitrogens with one attached hydrogen (secondary N) is 2. The Morgan fingerprint density at radius 2 is 1.79 bits per heavy atom. The normalized spacial score (nSPS) is 17.2. The van der Waals surface area contributed by atoms with Crippen LogP contribution in [-0.2, 0) is 9.59 Å². The van der Waals surface area contributed by atoms with Crippen LogP contribution in [0.25, 0.3) is 0 Å². The number of carbonyl (C=O) groups is 3. The maximum atomic E-state index is 11.7. The number of hydrogen-bond acceptors (Lipinski definition) is 3. The van der Waals surface area contributed by atoms with Crippen molar-refractivity contribution in [1.82, 2.24) is 10.6 Å². The standard InChI is InChI=1S/C13H22N2O4/c1-12(2,8-10(17)18)7-9(16)14-11(19)15-13(3)5-4-6-13/h4-8H2,1-3H3,(H,17,18)(H2,14,15,16,19). The summed E-state index contributed by atoms with van der Waals surface area (Å²) in [5, 5.41) is 13.7. The summed E-state index contributed by atoms with van der Waals surface area (Å²) in [5.74, 6) is -1.41. The van der Waals surface area contributed by atoms with E-state index in [1.807, 2.05) is 6.92 Å². The molecule has 1 saturated carbocycles. The fourth-order valence-electron chi connectivity index (χ4n) is 2.21. The quantitative estimate of drug-likeness (QED) is 0.707. The van der Waals surface area contributed by atoms with Gasteiger partial charge in [0.15, 0.2) is 0 Å². The van der Waals surface area contributed by atoms with Crippen molar-refractivity contribution in [1.29, 1.82) is 0 Å². The predicted molar refractivity (Wildman–Crippen MR) is 69.6 cm³/mol. The van der Waals surface area contributed by atoms with Gasteiger partial charge in [0.05, 0.1) is 6.42 Å². The second-order valence-electron chi connectivity index (χ2n) is 6.33. The van der Waals surface area contributed by atoms with Crippen LogP contribution in [-0.4, -0.2) is 28.6 Å². The Morgan fingerprint density at radius 3 is 2.21 bits per heavy atom. The van der Waals surface area contributed by atoms with E-state index in [4.69, 9.17) is 5.11 Å². The van der Waals surface area contributed by atoms with Crippen LogP contribution in [0.4, 0.5) is 4.79 Å². The topological polar surface area (TPSA) is 95.5 Å². The van der Waals surface area contributed by atoms with Crippen molar-refractivity contribution in [2.45, 2.75) is 58.4 Å². The van der Waals surface area contributed by atoms with E-state index in [1.165, 1.54) is 0 Å². The second kappa shape index (κ2) is 5.59. The molecule has 0 unspecified atom stereocenters. The lowest BCUT2D eigenvalue weighted by molar-refractivity contribution is -0.139. The van der Waals surface area contributed by atoms with Gasteiger partial charge >= 0.3 is 12.0 Å². The van der Waals surface area contributed by atoms with Crippen molar-refractivity contribution < 1.29 is 19.5 Å². The third kappa shape index (κ3) is 5.28. The number of aliphatic carboxylic acids is 1. The average molecular weight is 270 g/mol. The van der Waals surface area contributed by atoms with E-state index in [2.05, 4.69) is 10.6 Å². The molecule has 0 aliphatic heterocycles. The highest BCUT2D eigenvalue weighted by Crippen LogP contribution is 2.30. The van der Waals surface area contributed by atoms with Gasteiger partial charge in [0.25, 0.3) is 0 Å². The van der Waals surface area contributed by atoms with Gasteiger partial charge in [0.1, 0.15) is 0 Å². The fraction of sp³-hybridized carbons (Fsp3) is 0.769. The van der Waals surface area contributed by atoms with Crippen molar-refractivity contribution >= 4 is 17.9 Å². The van der Waals surface area contributed by atoms with Gasteiger partial charge in [-0.1, -0.05) is 13.8 Å². The minimum Gasteiger partial charge on any atom is -0.481 e. The van der Waals surface area contributed by atoms with Gasteiger partial charge in [-0.15, -0.1) is 0 Å². The zero-order chi connectivity index (χ0) is 14.7.